The number of hydrogen-bond acceptors (Lipinski definition) is 6. The van der Waals surface area contributed by atoms with Gasteiger partial charge in [-0.15, -0.1) is 0 Å². The third kappa shape index (κ3) is 47.3. The zero-order valence-electron chi connectivity index (χ0n) is 41.7. The first kappa shape index (κ1) is 60.5. The number of nitrogens with one attached hydrogen (secondary N) is 1. The van der Waals surface area contributed by atoms with E-state index in [4.69, 9.17) is 9.05 Å². The van der Waals surface area contributed by atoms with Crippen LogP contribution in [-0.2, 0) is 18.4 Å². The summed E-state index contributed by atoms with van der Waals surface area (Å²) < 4.78 is 23.3. The molecule has 9 heteroatoms. The van der Waals surface area contributed by atoms with E-state index in [9.17, 15) is 19.4 Å². The van der Waals surface area contributed by atoms with Crippen LogP contribution in [0.4, 0.5) is 0 Å². The summed E-state index contributed by atoms with van der Waals surface area (Å²) in [4.78, 5) is 25.4. The first-order valence-corrected chi connectivity index (χ1v) is 28.3. The molecule has 3 unspecified atom stereocenters. The maximum atomic E-state index is 12.9. The molecule has 0 fully saturated rings. The summed E-state index contributed by atoms with van der Waals surface area (Å²) in [6, 6.07) is -0.793. The number of nitrogens with zero attached hydrogens (tertiary/aromatic N) is 1. The number of phosphoric ester groups is 1. The van der Waals surface area contributed by atoms with Crippen molar-refractivity contribution in [1.82, 2.24) is 5.32 Å². The highest BCUT2D eigenvalue weighted by Gasteiger charge is 2.24. The molecule has 2 N–H and O–H groups in total. The minimum atomic E-state index is -4.56. The second-order valence-electron chi connectivity index (χ2n) is 20.0. The Bertz CT molecular complexity index is 963. The molecule has 0 radical (unpaired) electrons. The van der Waals surface area contributed by atoms with Gasteiger partial charge >= 0.3 is 0 Å². The maximum absolute atomic E-state index is 12.9. The zero-order valence-corrected chi connectivity index (χ0v) is 42.5. The topological polar surface area (TPSA) is 108 Å². The monoisotopic (exact) mass is 887 g/mol. The van der Waals surface area contributed by atoms with E-state index >= 15 is 0 Å². The highest BCUT2D eigenvalue weighted by molar-refractivity contribution is 7.45. The predicted octanol–water partition coefficient (Wildman–Crippen LogP) is 15.1. The number of quaternary nitrogens is 1. The van der Waals surface area contributed by atoms with Crippen molar-refractivity contribution < 1.29 is 32.9 Å². The van der Waals surface area contributed by atoms with E-state index in [-0.39, 0.29) is 19.1 Å². The molecular formula is C52H107N2O6P. The molecule has 0 aromatic rings. The Kier molecular flexibility index (Phi) is 44.3. The van der Waals surface area contributed by atoms with E-state index in [1.165, 1.54) is 212 Å². The van der Waals surface area contributed by atoms with Crippen molar-refractivity contribution in [2.24, 2.45) is 0 Å². The first-order valence-electron chi connectivity index (χ1n) is 26.9. The van der Waals surface area contributed by atoms with Crippen molar-refractivity contribution in [3.8, 4) is 0 Å². The fourth-order valence-electron chi connectivity index (χ4n) is 8.34. The molecule has 0 rings (SSSR count). The molecule has 0 aliphatic rings. The third-order valence-electron chi connectivity index (χ3n) is 12.6. The van der Waals surface area contributed by atoms with Gasteiger partial charge in [-0.3, -0.25) is 9.36 Å². The molecule has 0 aromatic heterocycles. The normalized spacial score (nSPS) is 14.0. The van der Waals surface area contributed by atoms with Crippen LogP contribution in [-0.4, -0.2) is 68.5 Å². The molecule has 0 aromatic carbocycles. The van der Waals surface area contributed by atoms with Gasteiger partial charge in [0.05, 0.1) is 39.9 Å². The second kappa shape index (κ2) is 44.7. The molecule has 1 amide bonds. The maximum Gasteiger partial charge on any atom is 0.268 e. The lowest BCUT2D eigenvalue weighted by Gasteiger charge is -2.30. The number of aliphatic hydroxyl groups excluding tert-OH is 1. The van der Waals surface area contributed by atoms with Crippen molar-refractivity contribution >= 4 is 13.7 Å². The molecule has 61 heavy (non-hydrogen) atoms. The van der Waals surface area contributed by atoms with Gasteiger partial charge in [-0.05, 0) is 12.8 Å². The van der Waals surface area contributed by atoms with E-state index in [2.05, 4.69) is 19.2 Å². The van der Waals surface area contributed by atoms with Gasteiger partial charge < -0.3 is 28.8 Å². The number of likely N-dealkylation sites (N-methyl/N-ethyl adjacent to an activating group) is 1. The van der Waals surface area contributed by atoms with E-state index in [1.54, 1.807) is 0 Å². The smallest absolute Gasteiger partial charge is 0.268 e. The van der Waals surface area contributed by atoms with Gasteiger partial charge in [-0.2, -0.15) is 0 Å². The lowest BCUT2D eigenvalue weighted by atomic mass is 10.0. The minimum absolute atomic E-state index is 0.0163. The summed E-state index contributed by atoms with van der Waals surface area (Å²) in [6.07, 6.45) is 51.3. The Balaban J connectivity index is 4.06. The van der Waals surface area contributed by atoms with Crippen LogP contribution in [0.15, 0.2) is 0 Å². The van der Waals surface area contributed by atoms with Crippen LogP contribution in [0.5, 0.6) is 0 Å². The van der Waals surface area contributed by atoms with Gasteiger partial charge in [-0.25, -0.2) is 0 Å². The van der Waals surface area contributed by atoms with Crippen LogP contribution in [0.25, 0.3) is 0 Å². The Morgan fingerprint density at radius 3 is 1.11 bits per heavy atom. The second-order valence-corrected chi connectivity index (χ2v) is 21.4. The predicted molar refractivity (Wildman–Crippen MR) is 261 cm³/mol. The van der Waals surface area contributed by atoms with Crippen molar-refractivity contribution in [3.05, 3.63) is 0 Å². The Morgan fingerprint density at radius 2 is 0.803 bits per heavy atom. The van der Waals surface area contributed by atoms with Gasteiger partial charge in [0.15, 0.2) is 0 Å². The Labute approximate surface area is 380 Å². The largest absolute Gasteiger partial charge is 0.756 e. The van der Waals surface area contributed by atoms with Crippen molar-refractivity contribution in [1.29, 1.82) is 0 Å². The molecule has 8 nitrogen and oxygen atoms in total. The number of carbonyl (C=O) groups excluding carboxylic acids is 1. The number of rotatable bonds is 50. The van der Waals surface area contributed by atoms with Gasteiger partial charge in [-0.1, -0.05) is 258 Å². The van der Waals surface area contributed by atoms with Crippen LogP contribution >= 0.6 is 7.82 Å². The molecule has 0 saturated heterocycles. The SMILES string of the molecule is CCCCCCCCCCCCCCCCCCCCCCCCCCCCCC(O)C(COP(=O)([O-])OCC[N+](C)(C)C)NC(=O)CCCCCCCCCCCCCC. The van der Waals surface area contributed by atoms with Crippen LogP contribution in [0.3, 0.4) is 0 Å². The molecule has 366 valence electrons. The van der Waals surface area contributed by atoms with E-state index < -0.39 is 20.0 Å². The highest BCUT2D eigenvalue weighted by Crippen LogP contribution is 2.38. The van der Waals surface area contributed by atoms with Crippen molar-refractivity contribution in [3.63, 3.8) is 0 Å². The van der Waals surface area contributed by atoms with E-state index in [0.717, 1.165) is 38.5 Å². The average Bonchev–Trinajstić information content (AvgIpc) is 3.21. The summed E-state index contributed by atoms with van der Waals surface area (Å²) in [5.41, 5.74) is 0. The standard InChI is InChI=1S/C52H107N2O6P/c1-6-8-10-12-14-16-18-20-21-22-23-24-25-26-27-28-29-30-31-32-33-34-35-37-39-41-43-45-51(55)50(49-60-61(57,58)59-48-47-54(3,4)5)53-52(56)46-44-42-40-38-36-19-17-15-13-11-9-7-2/h50-51,55H,6-49H2,1-5H3,(H-,53,56,57,58). The highest BCUT2D eigenvalue weighted by atomic mass is 31.2. The van der Waals surface area contributed by atoms with Gasteiger partial charge in [0.25, 0.3) is 7.82 Å². The number of carbonyl (C=O) groups is 1. The summed E-state index contributed by atoms with van der Waals surface area (Å²) >= 11 is 0. The van der Waals surface area contributed by atoms with Crippen molar-refractivity contribution in [2.45, 2.75) is 289 Å². The fraction of sp³-hybridized carbons (Fsp3) is 0.981. The molecule has 0 aliphatic heterocycles. The molecular weight excluding hydrogens is 780 g/mol. The van der Waals surface area contributed by atoms with Crippen molar-refractivity contribution in [2.75, 3.05) is 40.9 Å². The molecule has 3 atom stereocenters. The van der Waals surface area contributed by atoms with Gasteiger partial charge in [0.1, 0.15) is 13.2 Å². The van der Waals surface area contributed by atoms with Crippen LogP contribution < -0.4 is 10.2 Å². The number of aliphatic hydroxyl groups is 1. The summed E-state index contributed by atoms with van der Waals surface area (Å²) in [5, 5.41) is 14.0. The summed E-state index contributed by atoms with van der Waals surface area (Å²) in [5.74, 6) is -0.161. The molecule has 0 spiro atoms. The molecule has 0 aliphatic carbocycles. The molecule has 0 heterocycles. The van der Waals surface area contributed by atoms with E-state index in [0.29, 0.717) is 23.9 Å². The summed E-state index contributed by atoms with van der Waals surface area (Å²) in [6.45, 7) is 4.75. The van der Waals surface area contributed by atoms with E-state index in [1.807, 2.05) is 21.1 Å². The molecule has 0 saturated carbocycles. The average molecular weight is 887 g/mol. The number of hydrogen-bond donors (Lipinski definition) is 2. The number of phosphoric acid groups is 1. The Morgan fingerprint density at radius 1 is 0.508 bits per heavy atom. The van der Waals surface area contributed by atoms with Gasteiger partial charge in [0, 0.05) is 6.42 Å². The first-order chi connectivity index (χ1) is 29.5. The lowest BCUT2D eigenvalue weighted by molar-refractivity contribution is -0.870. The fourth-order valence-corrected chi connectivity index (χ4v) is 9.06. The van der Waals surface area contributed by atoms with Gasteiger partial charge in [0.2, 0.25) is 5.91 Å². The third-order valence-corrected chi connectivity index (χ3v) is 13.6. The minimum Gasteiger partial charge on any atom is -0.756 e. The van der Waals surface area contributed by atoms with Crippen LogP contribution in [0, 0.1) is 0 Å². The number of amides is 1. The zero-order chi connectivity index (χ0) is 45.0. The summed E-state index contributed by atoms with van der Waals surface area (Å²) in [7, 11) is 1.32. The molecule has 0 bridgehead atoms. The quantitative estimate of drug-likeness (QED) is 0.0358. The number of unbranched alkanes of at least 4 members (excludes halogenated alkanes) is 37. The lowest BCUT2D eigenvalue weighted by Crippen LogP contribution is -2.46. The van der Waals surface area contributed by atoms with Crippen LogP contribution in [0.2, 0.25) is 0 Å². The van der Waals surface area contributed by atoms with Crippen LogP contribution in [0.1, 0.15) is 277 Å². The Hall–Kier alpha value is -0.500.